The third-order valence-corrected chi connectivity index (χ3v) is 5.69. The van der Waals surface area contributed by atoms with Gasteiger partial charge in [0, 0.05) is 0 Å². The van der Waals surface area contributed by atoms with Gasteiger partial charge in [-0.15, -0.1) is 0 Å². The van der Waals surface area contributed by atoms with Crippen molar-refractivity contribution in [2.24, 2.45) is 0 Å². The van der Waals surface area contributed by atoms with Crippen LogP contribution in [0, 0.1) is 0 Å². The van der Waals surface area contributed by atoms with Gasteiger partial charge in [0.2, 0.25) is 0 Å². The Labute approximate surface area is 222 Å². The molecular formula is C30H32N2O6. The molecule has 198 valence electrons. The van der Waals surface area contributed by atoms with Gasteiger partial charge in [0.15, 0.2) is 0 Å². The second-order valence-corrected chi connectivity index (χ2v) is 11.1. The maximum absolute atomic E-state index is 14.0. The summed E-state index contributed by atoms with van der Waals surface area (Å²) in [4.78, 5) is 56.2. The van der Waals surface area contributed by atoms with E-state index in [4.69, 9.17) is 9.47 Å². The van der Waals surface area contributed by atoms with Crippen LogP contribution in [-0.4, -0.2) is 57.8 Å². The molecule has 38 heavy (non-hydrogen) atoms. The van der Waals surface area contributed by atoms with Crippen LogP contribution in [0.3, 0.4) is 0 Å². The van der Waals surface area contributed by atoms with Crippen LogP contribution >= 0.6 is 0 Å². The largest absolute Gasteiger partial charge is 0.459 e. The minimum Gasteiger partial charge on any atom is -0.459 e. The van der Waals surface area contributed by atoms with Gasteiger partial charge in [-0.1, -0.05) is 60.7 Å². The highest BCUT2D eigenvalue weighted by Crippen LogP contribution is 2.46. The molecule has 2 aromatic rings. The summed E-state index contributed by atoms with van der Waals surface area (Å²) in [6.07, 6.45) is 0. The van der Waals surface area contributed by atoms with Gasteiger partial charge >= 0.3 is 11.9 Å². The zero-order valence-electron chi connectivity index (χ0n) is 22.5. The minimum atomic E-state index is -0.746. The Balaban J connectivity index is 1.88. The van der Waals surface area contributed by atoms with E-state index < -0.39 is 35.0 Å². The fourth-order valence-corrected chi connectivity index (χ4v) is 4.50. The fourth-order valence-electron chi connectivity index (χ4n) is 4.50. The van der Waals surface area contributed by atoms with Gasteiger partial charge in [-0.3, -0.25) is 29.0 Å². The highest BCUT2D eigenvalue weighted by molar-refractivity contribution is 6.31. The number of amides is 2. The van der Waals surface area contributed by atoms with Gasteiger partial charge in [-0.05, 0) is 52.7 Å². The van der Waals surface area contributed by atoms with Gasteiger partial charge in [-0.25, -0.2) is 0 Å². The summed E-state index contributed by atoms with van der Waals surface area (Å²) in [5, 5.41) is 0. The fraction of sp³-hybridized carbons (Fsp3) is 0.333. The SMILES string of the molecule is CC(C)(C)OC(=O)CN1C(=O)C2=C(c3ccccc3)N(CC(=O)OC(C)(C)C)C(=O)C2=C1c1ccccc1. The number of benzene rings is 2. The molecule has 2 amide bonds. The first-order chi connectivity index (χ1) is 17.8. The number of carbonyl (C=O) groups excluding carboxylic acids is 4. The number of hydrogen-bond donors (Lipinski definition) is 0. The van der Waals surface area contributed by atoms with Crippen LogP contribution in [-0.2, 0) is 28.7 Å². The molecule has 0 unspecified atom stereocenters. The van der Waals surface area contributed by atoms with E-state index in [9.17, 15) is 19.2 Å². The molecule has 8 nitrogen and oxygen atoms in total. The van der Waals surface area contributed by atoms with Crippen LogP contribution in [0.4, 0.5) is 0 Å². The molecule has 0 atom stereocenters. The van der Waals surface area contributed by atoms with Crippen molar-refractivity contribution in [3.05, 3.63) is 82.9 Å². The molecule has 0 fully saturated rings. The zero-order valence-corrected chi connectivity index (χ0v) is 22.5. The van der Waals surface area contributed by atoms with E-state index in [0.29, 0.717) is 22.5 Å². The minimum absolute atomic E-state index is 0.146. The maximum atomic E-state index is 14.0. The molecule has 0 aromatic heterocycles. The van der Waals surface area contributed by atoms with Crippen LogP contribution < -0.4 is 0 Å². The molecule has 0 radical (unpaired) electrons. The lowest BCUT2D eigenvalue weighted by Gasteiger charge is -2.27. The highest BCUT2D eigenvalue weighted by Gasteiger charge is 2.50. The molecular weight excluding hydrogens is 484 g/mol. The molecule has 8 heteroatoms. The summed E-state index contributed by atoms with van der Waals surface area (Å²) >= 11 is 0. The number of hydrogen-bond acceptors (Lipinski definition) is 6. The third kappa shape index (κ3) is 5.54. The second kappa shape index (κ2) is 9.93. The van der Waals surface area contributed by atoms with Crippen molar-refractivity contribution >= 4 is 35.1 Å². The summed E-state index contributed by atoms with van der Waals surface area (Å²) in [7, 11) is 0. The van der Waals surface area contributed by atoms with Crippen LogP contribution in [0.25, 0.3) is 11.4 Å². The average molecular weight is 517 g/mol. The second-order valence-electron chi connectivity index (χ2n) is 11.1. The first-order valence-electron chi connectivity index (χ1n) is 12.4. The smallest absolute Gasteiger partial charge is 0.326 e. The quantitative estimate of drug-likeness (QED) is 0.535. The molecule has 0 saturated heterocycles. The maximum Gasteiger partial charge on any atom is 0.326 e. The monoisotopic (exact) mass is 516 g/mol. The number of fused-ring (bicyclic) bond motifs is 1. The van der Waals surface area contributed by atoms with E-state index in [1.54, 1.807) is 90.1 Å². The third-order valence-electron chi connectivity index (χ3n) is 5.69. The van der Waals surface area contributed by atoms with Crippen molar-refractivity contribution < 1.29 is 28.7 Å². The van der Waals surface area contributed by atoms with E-state index in [2.05, 4.69) is 0 Å². The molecule has 4 rings (SSSR count). The van der Waals surface area contributed by atoms with Gasteiger partial charge in [0.25, 0.3) is 11.8 Å². The number of rotatable bonds is 6. The van der Waals surface area contributed by atoms with Gasteiger partial charge in [-0.2, -0.15) is 0 Å². The van der Waals surface area contributed by atoms with Crippen molar-refractivity contribution in [3.63, 3.8) is 0 Å². The van der Waals surface area contributed by atoms with Crippen molar-refractivity contribution in [1.82, 2.24) is 9.80 Å². The molecule has 0 spiro atoms. The van der Waals surface area contributed by atoms with E-state index in [1.165, 1.54) is 9.80 Å². The lowest BCUT2D eigenvalue weighted by Crippen LogP contribution is -2.38. The number of ether oxygens (including phenoxy) is 2. The van der Waals surface area contributed by atoms with Crippen molar-refractivity contribution in [3.8, 4) is 0 Å². The molecule has 0 aliphatic carbocycles. The van der Waals surface area contributed by atoms with E-state index in [-0.39, 0.29) is 24.2 Å². The Morgan fingerprint density at radius 2 is 0.921 bits per heavy atom. The van der Waals surface area contributed by atoms with Gasteiger partial charge in [0.1, 0.15) is 24.3 Å². The predicted molar refractivity (Wildman–Crippen MR) is 142 cm³/mol. The number of nitrogens with zero attached hydrogens (tertiary/aromatic N) is 2. The van der Waals surface area contributed by atoms with E-state index in [1.807, 2.05) is 12.1 Å². The highest BCUT2D eigenvalue weighted by atomic mass is 16.6. The Kier molecular flexibility index (Phi) is 7.02. The van der Waals surface area contributed by atoms with E-state index >= 15 is 0 Å². The number of carbonyl (C=O) groups is 4. The van der Waals surface area contributed by atoms with Crippen LogP contribution in [0.5, 0.6) is 0 Å². The average Bonchev–Trinajstić information content (AvgIpc) is 3.24. The predicted octanol–water partition coefficient (Wildman–Crippen LogP) is 4.18. The van der Waals surface area contributed by atoms with Gasteiger partial charge < -0.3 is 9.47 Å². The number of esters is 2. The summed E-state index contributed by atoms with van der Waals surface area (Å²) in [6.45, 7) is 9.74. The first-order valence-corrected chi connectivity index (χ1v) is 12.4. The first kappa shape index (κ1) is 26.9. The summed E-state index contributed by atoms with van der Waals surface area (Å²) in [5.41, 5.74) is 0.597. The molecule has 0 N–H and O–H groups in total. The van der Waals surface area contributed by atoms with E-state index in [0.717, 1.165) is 0 Å². The standard InChI is InChI=1S/C30H32N2O6/c1-29(2,3)37-21(33)17-31-25(19-13-9-7-10-14-19)23-24(27(31)35)26(20-15-11-8-12-16-20)32(28(23)36)18-22(34)38-30(4,5)6/h7-16H,17-18H2,1-6H3. The van der Waals surface area contributed by atoms with Crippen LogP contribution in [0.15, 0.2) is 71.8 Å². The van der Waals surface area contributed by atoms with Crippen LogP contribution in [0.1, 0.15) is 52.7 Å². The summed E-state index contributed by atoms with van der Waals surface area (Å²) in [6, 6.07) is 17.9. The van der Waals surface area contributed by atoms with Crippen molar-refractivity contribution in [2.75, 3.05) is 13.1 Å². The molecule has 2 heterocycles. The zero-order chi connectivity index (χ0) is 27.8. The molecule has 2 aliphatic heterocycles. The lowest BCUT2D eigenvalue weighted by atomic mass is 10.0. The lowest BCUT2D eigenvalue weighted by molar-refractivity contribution is -0.157. The summed E-state index contributed by atoms with van der Waals surface area (Å²) in [5.74, 6) is -2.22. The Hall–Kier alpha value is -4.20. The topological polar surface area (TPSA) is 93.2 Å². The van der Waals surface area contributed by atoms with Crippen LogP contribution in [0.2, 0.25) is 0 Å². The normalized spacial score (nSPS) is 15.8. The van der Waals surface area contributed by atoms with Crippen molar-refractivity contribution in [1.29, 1.82) is 0 Å². The molecule has 2 aliphatic rings. The Morgan fingerprint density at radius 1 is 0.605 bits per heavy atom. The summed E-state index contributed by atoms with van der Waals surface area (Å²) < 4.78 is 11.0. The van der Waals surface area contributed by atoms with Gasteiger partial charge in [0.05, 0.1) is 22.5 Å². The van der Waals surface area contributed by atoms with Crippen molar-refractivity contribution in [2.45, 2.75) is 52.7 Å². The molecule has 2 aromatic carbocycles. The molecule has 0 bridgehead atoms. The Bertz CT molecular complexity index is 1240. The molecule has 0 saturated carbocycles. The Morgan fingerprint density at radius 3 is 1.21 bits per heavy atom.